The maximum absolute atomic E-state index is 11.3. The van der Waals surface area contributed by atoms with Gasteiger partial charge in [0, 0.05) is 27.7 Å². The van der Waals surface area contributed by atoms with Crippen molar-refractivity contribution in [2.45, 2.75) is 13.2 Å². The summed E-state index contributed by atoms with van der Waals surface area (Å²) in [6.07, 6.45) is 0. The number of anilines is 1. The molecule has 0 aromatic heterocycles. The van der Waals surface area contributed by atoms with Crippen molar-refractivity contribution in [1.29, 1.82) is 0 Å². The Bertz CT molecular complexity index is 1070. The van der Waals surface area contributed by atoms with E-state index >= 15 is 0 Å². The average molecular weight is 462 g/mol. The summed E-state index contributed by atoms with van der Waals surface area (Å²) in [5.74, 6) is 0.585. The van der Waals surface area contributed by atoms with Gasteiger partial charge in [-0.15, -0.1) is 0 Å². The van der Waals surface area contributed by atoms with Crippen LogP contribution in [0.2, 0.25) is 10.0 Å². The molecule has 0 amide bonds. The van der Waals surface area contributed by atoms with Crippen molar-refractivity contribution >= 4 is 34.9 Å². The zero-order valence-corrected chi connectivity index (χ0v) is 18.5. The average Bonchev–Trinajstić information content (AvgIpc) is 2.77. The summed E-state index contributed by atoms with van der Waals surface area (Å²) >= 11 is 12.5. The Morgan fingerprint density at radius 2 is 1.65 bits per heavy atom. The summed E-state index contributed by atoms with van der Waals surface area (Å²) in [4.78, 5) is 11.3. The molecule has 0 saturated heterocycles. The molecule has 0 atom stereocenters. The molecule has 6 nitrogen and oxygen atoms in total. The number of carboxylic acids is 1. The van der Waals surface area contributed by atoms with Crippen LogP contribution in [0.5, 0.6) is 17.2 Å². The van der Waals surface area contributed by atoms with Gasteiger partial charge in [0.1, 0.15) is 12.4 Å². The number of benzene rings is 3. The summed E-state index contributed by atoms with van der Waals surface area (Å²) in [5.41, 5.74) is 2.17. The molecule has 0 unspecified atom stereocenters. The molecule has 0 aliphatic rings. The molecular formula is C23H21Cl2NO5. The van der Waals surface area contributed by atoms with Crippen LogP contribution in [0.4, 0.5) is 5.69 Å². The predicted octanol–water partition coefficient (Wildman–Crippen LogP) is 5.90. The highest BCUT2D eigenvalue weighted by atomic mass is 35.5. The molecule has 31 heavy (non-hydrogen) atoms. The van der Waals surface area contributed by atoms with Crippen LogP contribution in [0.15, 0.2) is 54.6 Å². The van der Waals surface area contributed by atoms with E-state index in [2.05, 4.69) is 5.32 Å². The van der Waals surface area contributed by atoms with E-state index in [1.54, 1.807) is 37.4 Å². The van der Waals surface area contributed by atoms with Crippen molar-refractivity contribution in [2.24, 2.45) is 0 Å². The Morgan fingerprint density at radius 1 is 0.968 bits per heavy atom. The van der Waals surface area contributed by atoms with E-state index in [0.29, 0.717) is 45.1 Å². The van der Waals surface area contributed by atoms with E-state index in [9.17, 15) is 9.90 Å². The molecule has 3 aromatic rings. The maximum atomic E-state index is 11.3. The third kappa shape index (κ3) is 5.34. The van der Waals surface area contributed by atoms with E-state index in [-0.39, 0.29) is 12.2 Å². The molecule has 0 aliphatic carbocycles. The predicted molar refractivity (Wildman–Crippen MR) is 121 cm³/mol. The highest BCUT2D eigenvalue weighted by molar-refractivity contribution is 6.35. The fourth-order valence-electron chi connectivity index (χ4n) is 3.01. The summed E-state index contributed by atoms with van der Waals surface area (Å²) in [6, 6.07) is 15.4. The van der Waals surface area contributed by atoms with E-state index in [1.807, 2.05) is 12.1 Å². The van der Waals surface area contributed by atoms with Crippen molar-refractivity contribution < 1.29 is 24.1 Å². The number of hydrogen-bond donors (Lipinski definition) is 2. The van der Waals surface area contributed by atoms with Gasteiger partial charge in [-0.25, -0.2) is 4.79 Å². The normalized spacial score (nSPS) is 10.5. The molecule has 3 rings (SSSR count). The third-order valence-corrected chi connectivity index (χ3v) is 5.33. The van der Waals surface area contributed by atoms with Crippen LogP contribution >= 0.6 is 23.2 Å². The Balaban J connectivity index is 1.86. The molecule has 3 aromatic carbocycles. The van der Waals surface area contributed by atoms with Crippen LogP contribution in [0.25, 0.3) is 0 Å². The Hall–Kier alpha value is -3.09. The minimum Gasteiger partial charge on any atom is -0.495 e. The number of nitrogens with one attached hydrogen (secondary N) is 1. The van der Waals surface area contributed by atoms with Gasteiger partial charge in [-0.05, 0) is 36.4 Å². The standard InChI is InChI=1S/C23H21Cl2NO5/c1-29-20-10-9-14(23(27)28)11-19(20)26-12-15-5-3-8-21(30-2)22(15)31-13-16-17(24)6-4-7-18(16)25/h3-11,26H,12-13H2,1-2H3,(H,27,28). The SMILES string of the molecule is COc1ccc(C(=O)O)cc1NCc1cccc(OC)c1OCc1c(Cl)cccc1Cl. The number of para-hydroxylation sites is 1. The second-order valence-corrected chi connectivity index (χ2v) is 7.33. The molecule has 0 heterocycles. The first-order valence-electron chi connectivity index (χ1n) is 9.31. The number of carboxylic acid groups (broad SMARTS) is 1. The minimum absolute atomic E-state index is 0.152. The van der Waals surface area contributed by atoms with Gasteiger partial charge >= 0.3 is 5.97 Å². The fourth-order valence-corrected chi connectivity index (χ4v) is 3.52. The number of halogens is 2. The van der Waals surface area contributed by atoms with E-state index in [0.717, 1.165) is 5.56 Å². The summed E-state index contributed by atoms with van der Waals surface area (Å²) in [6.45, 7) is 0.492. The van der Waals surface area contributed by atoms with Gasteiger partial charge in [-0.1, -0.05) is 41.4 Å². The Labute approximate surface area is 190 Å². The number of aromatic carboxylic acids is 1. The first kappa shape index (κ1) is 22.6. The van der Waals surface area contributed by atoms with E-state index < -0.39 is 5.97 Å². The molecule has 0 bridgehead atoms. The number of ether oxygens (including phenoxy) is 3. The van der Waals surface area contributed by atoms with Crippen LogP contribution in [-0.4, -0.2) is 25.3 Å². The van der Waals surface area contributed by atoms with E-state index in [4.69, 9.17) is 37.4 Å². The number of hydrogen-bond acceptors (Lipinski definition) is 5. The van der Waals surface area contributed by atoms with Crippen LogP contribution in [0.1, 0.15) is 21.5 Å². The lowest BCUT2D eigenvalue weighted by Gasteiger charge is -2.18. The lowest BCUT2D eigenvalue weighted by atomic mass is 10.1. The van der Waals surface area contributed by atoms with Gasteiger partial charge in [-0.3, -0.25) is 0 Å². The second kappa shape index (κ2) is 10.3. The smallest absolute Gasteiger partial charge is 0.335 e. The van der Waals surface area contributed by atoms with Crippen molar-refractivity contribution in [3.8, 4) is 17.2 Å². The van der Waals surface area contributed by atoms with Gasteiger partial charge in [-0.2, -0.15) is 0 Å². The maximum Gasteiger partial charge on any atom is 0.335 e. The molecule has 0 spiro atoms. The monoisotopic (exact) mass is 461 g/mol. The summed E-state index contributed by atoms with van der Waals surface area (Å²) in [5, 5.41) is 13.5. The van der Waals surface area contributed by atoms with Crippen LogP contribution in [0, 0.1) is 0 Å². The van der Waals surface area contributed by atoms with Gasteiger partial charge in [0.2, 0.25) is 0 Å². The quantitative estimate of drug-likeness (QED) is 0.412. The fraction of sp³-hybridized carbons (Fsp3) is 0.174. The molecular weight excluding hydrogens is 441 g/mol. The zero-order valence-electron chi connectivity index (χ0n) is 16.9. The Kier molecular flexibility index (Phi) is 7.50. The van der Waals surface area contributed by atoms with Gasteiger partial charge in [0.05, 0.1) is 25.5 Å². The topological polar surface area (TPSA) is 77.0 Å². The number of carbonyl (C=O) groups is 1. The lowest BCUT2D eigenvalue weighted by molar-refractivity contribution is 0.0697. The largest absolute Gasteiger partial charge is 0.495 e. The van der Waals surface area contributed by atoms with Gasteiger partial charge in [0.25, 0.3) is 0 Å². The van der Waals surface area contributed by atoms with Crippen molar-refractivity contribution in [2.75, 3.05) is 19.5 Å². The molecule has 0 saturated carbocycles. The summed E-state index contributed by atoms with van der Waals surface area (Å²) < 4.78 is 16.9. The first-order valence-corrected chi connectivity index (χ1v) is 10.1. The van der Waals surface area contributed by atoms with Crippen molar-refractivity contribution in [1.82, 2.24) is 0 Å². The highest BCUT2D eigenvalue weighted by Crippen LogP contribution is 2.35. The number of rotatable bonds is 9. The summed E-state index contributed by atoms with van der Waals surface area (Å²) in [7, 11) is 3.08. The molecule has 2 N–H and O–H groups in total. The van der Waals surface area contributed by atoms with E-state index in [1.165, 1.54) is 19.2 Å². The van der Waals surface area contributed by atoms with Gasteiger partial charge in [0.15, 0.2) is 11.5 Å². The molecule has 0 radical (unpaired) electrons. The number of methoxy groups -OCH3 is 2. The third-order valence-electron chi connectivity index (χ3n) is 4.62. The molecule has 0 fully saturated rings. The minimum atomic E-state index is -1.02. The highest BCUT2D eigenvalue weighted by Gasteiger charge is 2.15. The molecule has 162 valence electrons. The lowest BCUT2D eigenvalue weighted by Crippen LogP contribution is -2.07. The zero-order chi connectivity index (χ0) is 22.4. The molecule has 0 aliphatic heterocycles. The van der Waals surface area contributed by atoms with Gasteiger partial charge < -0.3 is 24.6 Å². The van der Waals surface area contributed by atoms with Crippen LogP contribution < -0.4 is 19.5 Å². The Morgan fingerprint density at radius 3 is 2.29 bits per heavy atom. The van der Waals surface area contributed by atoms with Crippen LogP contribution in [0.3, 0.4) is 0 Å². The first-order chi connectivity index (χ1) is 14.9. The van der Waals surface area contributed by atoms with Crippen LogP contribution in [-0.2, 0) is 13.2 Å². The van der Waals surface area contributed by atoms with Crippen molar-refractivity contribution in [3.05, 3.63) is 81.3 Å². The second-order valence-electron chi connectivity index (χ2n) is 6.51. The van der Waals surface area contributed by atoms with Crippen molar-refractivity contribution in [3.63, 3.8) is 0 Å². The molecule has 8 heteroatoms.